The number of hydrogen-bond acceptors (Lipinski definition) is 3. The molecule has 1 aliphatic heterocycles. The van der Waals surface area contributed by atoms with Gasteiger partial charge in [0.2, 0.25) is 0 Å². The maximum atomic E-state index is 11.9. The Kier molecular flexibility index (Phi) is 5.02. The maximum absolute atomic E-state index is 11.9. The van der Waals surface area contributed by atoms with Gasteiger partial charge in [0.25, 0.3) is 0 Å². The van der Waals surface area contributed by atoms with Crippen LogP contribution in [0, 0.1) is 5.41 Å². The molecule has 2 N–H and O–H groups in total. The second-order valence-electron chi connectivity index (χ2n) is 6.36. The van der Waals surface area contributed by atoms with Crippen molar-refractivity contribution in [3.63, 3.8) is 0 Å². The number of likely N-dealkylation sites (tertiary alicyclic amines) is 1. The zero-order valence-electron chi connectivity index (χ0n) is 12.3. The number of carbonyl (C=O) groups is 1. The summed E-state index contributed by atoms with van der Waals surface area (Å²) >= 11 is 0. The molecule has 1 saturated heterocycles. The molecule has 0 bridgehead atoms. The third-order valence-electron chi connectivity index (χ3n) is 3.90. The van der Waals surface area contributed by atoms with E-state index < -0.39 is 5.60 Å². The quantitative estimate of drug-likeness (QED) is 0.844. The Hall–Kier alpha value is -0.770. The highest BCUT2D eigenvalue weighted by molar-refractivity contribution is 5.68. The van der Waals surface area contributed by atoms with Gasteiger partial charge in [0.1, 0.15) is 5.60 Å². The fraction of sp³-hybridized carbons (Fsp3) is 0.929. The first kappa shape index (κ1) is 15.3. The minimum absolute atomic E-state index is 0.181. The number of hydrogen-bond donors (Lipinski definition) is 1. The third kappa shape index (κ3) is 4.16. The van der Waals surface area contributed by atoms with Gasteiger partial charge in [-0.1, -0.05) is 13.3 Å². The standard InChI is InChI=1S/C14H28N2O2/c1-5-14(6-9-15)7-10-16(11-8-14)12(17)18-13(2,3)4/h5-11,15H2,1-4H3. The molecule has 1 heterocycles. The van der Waals surface area contributed by atoms with Crippen LogP contribution in [-0.2, 0) is 4.74 Å². The zero-order valence-corrected chi connectivity index (χ0v) is 12.3. The molecule has 0 unspecified atom stereocenters. The van der Waals surface area contributed by atoms with Crippen LogP contribution in [0.2, 0.25) is 0 Å². The summed E-state index contributed by atoms with van der Waals surface area (Å²) in [6.45, 7) is 10.3. The summed E-state index contributed by atoms with van der Waals surface area (Å²) in [5, 5.41) is 0. The number of amides is 1. The van der Waals surface area contributed by atoms with E-state index in [9.17, 15) is 4.79 Å². The SMILES string of the molecule is CCC1(CCN)CCN(C(=O)OC(C)(C)C)CC1. The number of ether oxygens (including phenoxy) is 1. The number of piperidine rings is 1. The molecule has 1 rings (SSSR count). The van der Waals surface area contributed by atoms with Crippen LogP contribution in [0.15, 0.2) is 0 Å². The maximum Gasteiger partial charge on any atom is 0.410 e. The second-order valence-corrected chi connectivity index (χ2v) is 6.36. The van der Waals surface area contributed by atoms with Crippen molar-refractivity contribution in [2.24, 2.45) is 11.1 Å². The molecule has 0 spiro atoms. The average molecular weight is 256 g/mol. The highest BCUT2D eigenvalue weighted by Gasteiger charge is 2.35. The van der Waals surface area contributed by atoms with Crippen LogP contribution in [0.5, 0.6) is 0 Å². The summed E-state index contributed by atoms with van der Waals surface area (Å²) in [5.41, 5.74) is 5.62. The largest absolute Gasteiger partial charge is 0.444 e. The van der Waals surface area contributed by atoms with Gasteiger partial charge in [-0.15, -0.1) is 0 Å². The molecule has 0 aromatic heterocycles. The van der Waals surface area contributed by atoms with Gasteiger partial charge in [-0.05, 0) is 52.0 Å². The van der Waals surface area contributed by atoms with Crippen molar-refractivity contribution in [2.45, 2.75) is 59.0 Å². The molecule has 1 fully saturated rings. The minimum Gasteiger partial charge on any atom is -0.444 e. The topological polar surface area (TPSA) is 55.6 Å². The Morgan fingerprint density at radius 2 is 1.89 bits per heavy atom. The summed E-state index contributed by atoms with van der Waals surface area (Å²) in [7, 11) is 0. The highest BCUT2D eigenvalue weighted by Crippen LogP contribution is 2.38. The van der Waals surface area contributed by atoms with E-state index in [4.69, 9.17) is 10.5 Å². The molecule has 4 nitrogen and oxygen atoms in total. The van der Waals surface area contributed by atoms with Crippen molar-refractivity contribution in [3.8, 4) is 0 Å². The normalized spacial score (nSPS) is 19.7. The van der Waals surface area contributed by atoms with Crippen LogP contribution in [0.1, 0.15) is 53.4 Å². The van der Waals surface area contributed by atoms with E-state index in [1.807, 2.05) is 25.7 Å². The molecule has 4 heteroatoms. The molecule has 1 aliphatic rings. The molecule has 18 heavy (non-hydrogen) atoms. The average Bonchev–Trinajstić information content (AvgIpc) is 2.28. The predicted molar refractivity (Wildman–Crippen MR) is 73.4 cm³/mol. The monoisotopic (exact) mass is 256 g/mol. The van der Waals surface area contributed by atoms with Crippen LogP contribution in [-0.4, -0.2) is 36.2 Å². The predicted octanol–water partition coefficient (Wildman–Crippen LogP) is 2.76. The fourth-order valence-corrected chi connectivity index (χ4v) is 2.58. The summed E-state index contributed by atoms with van der Waals surface area (Å²) in [4.78, 5) is 13.8. The van der Waals surface area contributed by atoms with Crippen molar-refractivity contribution in [1.29, 1.82) is 0 Å². The van der Waals surface area contributed by atoms with Gasteiger partial charge in [-0.25, -0.2) is 4.79 Å². The van der Waals surface area contributed by atoms with Gasteiger partial charge in [0.15, 0.2) is 0 Å². The van der Waals surface area contributed by atoms with Crippen LogP contribution in [0.3, 0.4) is 0 Å². The molecule has 0 aliphatic carbocycles. The summed E-state index contributed by atoms with van der Waals surface area (Å²) < 4.78 is 5.40. The first-order chi connectivity index (χ1) is 8.32. The van der Waals surface area contributed by atoms with Crippen LogP contribution in [0.4, 0.5) is 4.79 Å². The van der Waals surface area contributed by atoms with Gasteiger partial charge in [-0.2, -0.15) is 0 Å². The molecule has 0 saturated carbocycles. The molecule has 0 radical (unpaired) electrons. The molecule has 0 aromatic rings. The molecule has 106 valence electrons. The zero-order chi connectivity index (χ0) is 13.8. The number of rotatable bonds is 3. The summed E-state index contributed by atoms with van der Waals surface area (Å²) in [6, 6.07) is 0. The van der Waals surface area contributed by atoms with E-state index in [1.165, 1.54) is 0 Å². The highest BCUT2D eigenvalue weighted by atomic mass is 16.6. The second kappa shape index (κ2) is 5.91. The van der Waals surface area contributed by atoms with E-state index in [0.717, 1.165) is 45.3 Å². The van der Waals surface area contributed by atoms with Crippen LogP contribution < -0.4 is 5.73 Å². The first-order valence-corrected chi connectivity index (χ1v) is 7.00. The third-order valence-corrected chi connectivity index (χ3v) is 3.90. The Balaban J connectivity index is 2.50. The Labute approximate surface area is 111 Å². The molecular weight excluding hydrogens is 228 g/mol. The minimum atomic E-state index is -0.409. The van der Waals surface area contributed by atoms with Crippen LogP contribution >= 0.6 is 0 Å². The van der Waals surface area contributed by atoms with Crippen LogP contribution in [0.25, 0.3) is 0 Å². The van der Waals surface area contributed by atoms with Gasteiger partial charge in [-0.3, -0.25) is 0 Å². The van der Waals surface area contributed by atoms with Crippen molar-refractivity contribution in [3.05, 3.63) is 0 Å². The van der Waals surface area contributed by atoms with E-state index >= 15 is 0 Å². The molecular formula is C14H28N2O2. The van der Waals surface area contributed by atoms with Gasteiger partial charge in [0, 0.05) is 13.1 Å². The number of carbonyl (C=O) groups excluding carboxylic acids is 1. The van der Waals surface area contributed by atoms with Gasteiger partial charge in [0.05, 0.1) is 0 Å². The van der Waals surface area contributed by atoms with Crippen molar-refractivity contribution < 1.29 is 9.53 Å². The van der Waals surface area contributed by atoms with Gasteiger partial charge < -0.3 is 15.4 Å². The molecule has 0 aromatic carbocycles. The number of nitrogens with two attached hydrogens (primary N) is 1. The number of nitrogens with zero attached hydrogens (tertiary/aromatic N) is 1. The van der Waals surface area contributed by atoms with Crippen molar-refractivity contribution in [1.82, 2.24) is 4.90 Å². The Morgan fingerprint density at radius 3 is 2.28 bits per heavy atom. The molecule has 0 atom stereocenters. The summed E-state index contributed by atoms with van der Waals surface area (Å²) in [6.07, 6.45) is 4.11. The van der Waals surface area contributed by atoms with Gasteiger partial charge >= 0.3 is 6.09 Å². The van der Waals surface area contributed by atoms with E-state index in [-0.39, 0.29) is 6.09 Å². The smallest absolute Gasteiger partial charge is 0.410 e. The fourth-order valence-electron chi connectivity index (χ4n) is 2.58. The van der Waals surface area contributed by atoms with E-state index in [1.54, 1.807) is 0 Å². The van der Waals surface area contributed by atoms with E-state index in [0.29, 0.717) is 5.41 Å². The summed E-state index contributed by atoms with van der Waals surface area (Å²) in [5.74, 6) is 0. The Bertz CT molecular complexity index is 276. The molecule has 1 amide bonds. The van der Waals surface area contributed by atoms with Crippen molar-refractivity contribution >= 4 is 6.09 Å². The Morgan fingerprint density at radius 1 is 1.33 bits per heavy atom. The lowest BCUT2D eigenvalue weighted by molar-refractivity contribution is 0.00862. The lowest BCUT2D eigenvalue weighted by atomic mass is 9.74. The van der Waals surface area contributed by atoms with E-state index in [2.05, 4.69) is 6.92 Å². The lowest BCUT2D eigenvalue weighted by Crippen LogP contribution is -2.45. The first-order valence-electron chi connectivity index (χ1n) is 7.00. The lowest BCUT2D eigenvalue weighted by Gasteiger charge is -2.41. The van der Waals surface area contributed by atoms with Crippen molar-refractivity contribution in [2.75, 3.05) is 19.6 Å².